The van der Waals surface area contributed by atoms with E-state index in [4.69, 9.17) is 0 Å². The molecule has 0 bridgehead atoms. The van der Waals surface area contributed by atoms with Crippen LogP contribution in [0.1, 0.15) is 24.0 Å². The molecule has 1 aliphatic heterocycles. The van der Waals surface area contributed by atoms with Crippen molar-refractivity contribution in [1.82, 2.24) is 4.31 Å². The van der Waals surface area contributed by atoms with Crippen LogP contribution in [0.15, 0.2) is 65.6 Å². The average Bonchev–Trinajstić information content (AvgIpc) is 2.73. The average molecular weight is 422 g/mol. The Morgan fingerprint density at radius 1 is 1.07 bits per heavy atom. The molecule has 2 aromatic carbocycles. The molecule has 1 N–H and O–H groups in total. The lowest BCUT2D eigenvalue weighted by Crippen LogP contribution is -2.47. The van der Waals surface area contributed by atoms with Gasteiger partial charge in [0.2, 0.25) is 10.0 Å². The summed E-state index contributed by atoms with van der Waals surface area (Å²) < 4.78 is 56.2. The molecule has 0 spiro atoms. The topological polar surface area (TPSA) is 57.6 Å². The maximum atomic E-state index is 14.7. The summed E-state index contributed by atoms with van der Waals surface area (Å²) in [5.74, 6) is -4.41. The largest absolute Gasteiger partial charge is 0.383 e. The van der Waals surface area contributed by atoms with Crippen molar-refractivity contribution in [3.8, 4) is 0 Å². The number of aliphatic hydroxyl groups is 1. The van der Waals surface area contributed by atoms with Crippen LogP contribution in [0.3, 0.4) is 0 Å². The molecule has 0 radical (unpaired) electrons. The maximum Gasteiger partial charge on any atom is 0.279 e. The number of rotatable bonds is 6. The van der Waals surface area contributed by atoms with E-state index in [2.05, 4.69) is 0 Å². The second kappa shape index (κ2) is 8.73. The summed E-state index contributed by atoms with van der Waals surface area (Å²) in [5, 5.41) is 10.1. The maximum absolute atomic E-state index is 14.7. The zero-order chi connectivity index (χ0) is 21.1. The molecule has 1 saturated heterocycles. The molecule has 1 heterocycles. The van der Waals surface area contributed by atoms with E-state index in [1.165, 1.54) is 22.5 Å². The van der Waals surface area contributed by atoms with Crippen molar-refractivity contribution in [2.75, 3.05) is 13.1 Å². The van der Waals surface area contributed by atoms with Crippen LogP contribution in [0.5, 0.6) is 0 Å². The van der Waals surface area contributed by atoms with Gasteiger partial charge in [0.25, 0.3) is 5.92 Å². The fraction of sp³-hybridized carbons (Fsp3) is 0.364. The molecule has 0 aromatic heterocycles. The molecular formula is C22H25F2NO3S. The zero-order valence-corrected chi connectivity index (χ0v) is 17.0. The van der Waals surface area contributed by atoms with Crippen LogP contribution in [-0.2, 0) is 10.0 Å². The Morgan fingerprint density at radius 3 is 2.24 bits per heavy atom. The van der Waals surface area contributed by atoms with Gasteiger partial charge in [0.15, 0.2) is 0 Å². The molecule has 0 saturated carbocycles. The number of aliphatic hydroxyl groups excluding tert-OH is 1. The highest BCUT2D eigenvalue weighted by Gasteiger charge is 2.47. The monoisotopic (exact) mass is 421 g/mol. The van der Waals surface area contributed by atoms with Crippen LogP contribution in [0.4, 0.5) is 8.78 Å². The smallest absolute Gasteiger partial charge is 0.279 e. The molecule has 156 valence electrons. The van der Waals surface area contributed by atoms with Crippen LogP contribution in [0, 0.1) is 12.8 Å². The Labute approximate surface area is 170 Å². The van der Waals surface area contributed by atoms with E-state index in [1.54, 1.807) is 36.4 Å². The summed E-state index contributed by atoms with van der Waals surface area (Å²) >= 11 is 0. The molecule has 3 rings (SSSR count). The van der Waals surface area contributed by atoms with Gasteiger partial charge in [-0.3, -0.25) is 0 Å². The Balaban J connectivity index is 1.64. The third kappa shape index (κ3) is 4.91. The number of piperidine rings is 1. The minimum absolute atomic E-state index is 0.00554. The first kappa shape index (κ1) is 21.6. The highest BCUT2D eigenvalue weighted by Crippen LogP contribution is 2.37. The molecule has 1 atom stereocenters. The first-order chi connectivity index (χ1) is 13.7. The van der Waals surface area contributed by atoms with E-state index in [9.17, 15) is 22.3 Å². The van der Waals surface area contributed by atoms with Crippen LogP contribution in [0.25, 0.3) is 6.08 Å². The predicted molar refractivity (Wildman–Crippen MR) is 109 cm³/mol. The minimum atomic E-state index is -3.70. The Morgan fingerprint density at radius 2 is 1.66 bits per heavy atom. The number of nitrogens with zero attached hydrogens (tertiary/aromatic N) is 1. The quantitative estimate of drug-likeness (QED) is 0.764. The van der Waals surface area contributed by atoms with Crippen LogP contribution in [0.2, 0.25) is 0 Å². The standard InChI is InChI=1S/C22H25F2NO3S/c1-17-7-10-20(11-8-17)29(27,28)25-15-13-19(14-16-25)22(23,24)21(26)12-9-18-5-3-2-4-6-18/h2-12,19,21,26H,13-16H2,1H3/b12-9+. The summed E-state index contributed by atoms with van der Waals surface area (Å²) in [7, 11) is -3.70. The fourth-order valence-corrected chi connectivity index (χ4v) is 4.95. The van der Waals surface area contributed by atoms with Gasteiger partial charge in [0.05, 0.1) is 4.90 Å². The van der Waals surface area contributed by atoms with Gasteiger partial charge in [0, 0.05) is 19.0 Å². The molecule has 1 fully saturated rings. The summed E-state index contributed by atoms with van der Waals surface area (Å²) in [5.41, 5.74) is 1.67. The van der Waals surface area contributed by atoms with Gasteiger partial charge in [-0.05, 0) is 43.5 Å². The van der Waals surface area contributed by atoms with Gasteiger partial charge in [-0.25, -0.2) is 17.2 Å². The number of alkyl halides is 2. The molecule has 2 aromatic rings. The number of hydrogen-bond donors (Lipinski definition) is 1. The van der Waals surface area contributed by atoms with Gasteiger partial charge >= 0.3 is 0 Å². The molecule has 7 heteroatoms. The van der Waals surface area contributed by atoms with E-state index >= 15 is 0 Å². The third-order valence-electron chi connectivity index (χ3n) is 5.32. The van der Waals surface area contributed by atoms with E-state index in [0.717, 1.165) is 17.2 Å². The SMILES string of the molecule is Cc1ccc(S(=O)(=O)N2CCC(C(F)(F)C(O)/C=C/c3ccccc3)CC2)cc1. The second-order valence-corrected chi connectivity index (χ2v) is 9.32. The second-order valence-electron chi connectivity index (χ2n) is 7.38. The Hall–Kier alpha value is -2.09. The minimum Gasteiger partial charge on any atom is -0.383 e. The number of aryl methyl sites for hydroxylation is 1. The summed E-state index contributed by atoms with van der Waals surface area (Å²) in [6, 6.07) is 15.4. The van der Waals surface area contributed by atoms with Gasteiger partial charge in [-0.2, -0.15) is 4.31 Å². The first-order valence-corrected chi connectivity index (χ1v) is 11.0. The van der Waals surface area contributed by atoms with E-state index in [1.807, 2.05) is 13.0 Å². The van der Waals surface area contributed by atoms with Crippen molar-refractivity contribution < 1.29 is 22.3 Å². The van der Waals surface area contributed by atoms with Crippen molar-refractivity contribution in [2.24, 2.45) is 5.92 Å². The Bertz CT molecular complexity index is 936. The fourth-order valence-electron chi connectivity index (χ4n) is 3.48. The van der Waals surface area contributed by atoms with Gasteiger partial charge in [0.1, 0.15) is 6.10 Å². The van der Waals surface area contributed by atoms with Crippen molar-refractivity contribution in [2.45, 2.75) is 36.7 Å². The molecule has 0 aliphatic carbocycles. The van der Waals surface area contributed by atoms with Crippen molar-refractivity contribution >= 4 is 16.1 Å². The number of halogens is 2. The van der Waals surface area contributed by atoms with E-state index in [-0.39, 0.29) is 30.8 Å². The van der Waals surface area contributed by atoms with Gasteiger partial charge in [-0.15, -0.1) is 0 Å². The van der Waals surface area contributed by atoms with Crippen LogP contribution >= 0.6 is 0 Å². The van der Waals surface area contributed by atoms with Crippen molar-refractivity contribution in [3.05, 3.63) is 71.8 Å². The number of sulfonamides is 1. The normalized spacial score (nSPS) is 18.2. The van der Waals surface area contributed by atoms with Crippen molar-refractivity contribution in [3.63, 3.8) is 0 Å². The van der Waals surface area contributed by atoms with E-state index < -0.39 is 28.0 Å². The summed E-state index contributed by atoms with van der Waals surface area (Å²) in [6.07, 6.45) is 0.635. The molecule has 1 unspecified atom stereocenters. The molecule has 29 heavy (non-hydrogen) atoms. The van der Waals surface area contributed by atoms with Gasteiger partial charge in [-0.1, -0.05) is 54.1 Å². The first-order valence-electron chi connectivity index (χ1n) is 9.57. The molecular weight excluding hydrogens is 396 g/mol. The Kier molecular flexibility index (Phi) is 6.51. The highest BCUT2D eigenvalue weighted by molar-refractivity contribution is 7.89. The molecule has 1 aliphatic rings. The number of hydrogen-bond acceptors (Lipinski definition) is 3. The zero-order valence-electron chi connectivity index (χ0n) is 16.2. The lowest BCUT2D eigenvalue weighted by molar-refractivity contribution is -0.138. The highest BCUT2D eigenvalue weighted by atomic mass is 32.2. The van der Waals surface area contributed by atoms with Crippen LogP contribution in [-0.4, -0.2) is 42.9 Å². The van der Waals surface area contributed by atoms with E-state index in [0.29, 0.717) is 0 Å². The predicted octanol–water partition coefficient (Wildman–Crippen LogP) is 4.11. The van der Waals surface area contributed by atoms with Gasteiger partial charge < -0.3 is 5.11 Å². The lowest BCUT2D eigenvalue weighted by Gasteiger charge is -2.36. The van der Waals surface area contributed by atoms with Crippen LogP contribution < -0.4 is 0 Å². The summed E-state index contributed by atoms with van der Waals surface area (Å²) in [6.45, 7) is 1.87. The lowest BCUT2D eigenvalue weighted by atomic mass is 9.88. The van der Waals surface area contributed by atoms with Crippen molar-refractivity contribution in [1.29, 1.82) is 0 Å². The summed E-state index contributed by atoms with van der Waals surface area (Å²) in [4.78, 5) is 0.166. The molecule has 4 nitrogen and oxygen atoms in total. The molecule has 0 amide bonds. The third-order valence-corrected chi connectivity index (χ3v) is 7.23. The number of benzene rings is 2.